The van der Waals surface area contributed by atoms with Crippen LogP contribution in [0, 0.1) is 0 Å². The lowest BCUT2D eigenvalue weighted by Crippen LogP contribution is -2.32. The highest BCUT2D eigenvalue weighted by Gasteiger charge is 2.24. The van der Waals surface area contributed by atoms with Crippen LogP contribution >= 0.6 is 11.3 Å². The van der Waals surface area contributed by atoms with Crippen LogP contribution in [-0.2, 0) is 10.0 Å². The Hall–Kier alpha value is -0.920. The number of carbonyl (C=O) groups excluding carboxylic acids is 1. The van der Waals surface area contributed by atoms with Crippen molar-refractivity contribution in [2.45, 2.75) is 31.6 Å². The van der Waals surface area contributed by atoms with Crippen molar-refractivity contribution >= 4 is 27.3 Å². The van der Waals surface area contributed by atoms with Gasteiger partial charge in [0.2, 0.25) is 10.0 Å². The number of hydrogen-bond donors (Lipinski definition) is 1. The van der Waals surface area contributed by atoms with E-state index < -0.39 is 15.9 Å². The molecule has 1 rings (SSSR count). The summed E-state index contributed by atoms with van der Waals surface area (Å²) in [6.07, 6.45) is 1.51. The predicted molar refractivity (Wildman–Crippen MR) is 72.2 cm³/mol. The van der Waals surface area contributed by atoms with Crippen LogP contribution in [0.4, 0.5) is 0 Å². The molecular formula is C11H18N2O3S2. The Morgan fingerprint density at radius 1 is 1.33 bits per heavy atom. The standard InChI is InChI=1S/C11H18N2O3S2/c1-3-5-13(6-4-2)18(15,16)9-7-10(11(12)14)17-8-9/h7-8H,3-6H2,1-2H3,(H2,12,14). The van der Waals surface area contributed by atoms with Gasteiger partial charge in [-0.1, -0.05) is 13.8 Å². The van der Waals surface area contributed by atoms with Crippen molar-refractivity contribution in [3.63, 3.8) is 0 Å². The molecule has 1 amide bonds. The first-order valence-electron chi connectivity index (χ1n) is 5.82. The third-order valence-corrected chi connectivity index (χ3v) is 5.37. The van der Waals surface area contributed by atoms with Gasteiger partial charge >= 0.3 is 0 Å². The Labute approximate surface area is 112 Å². The van der Waals surface area contributed by atoms with Gasteiger partial charge in [-0.25, -0.2) is 8.42 Å². The van der Waals surface area contributed by atoms with Crippen LogP contribution in [0.25, 0.3) is 0 Å². The van der Waals surface area contributed by atoms with Crippen LogP contribution in [0.2, 0.25) is 0 Å². The lowest BCUT2D eigenvalue weighted by Gasteiger charge is -2.20. The SMILES string of the molecule is CCCN(CCC)S(=O)(=O)c1csc(C(N)=O)c1. The van der Waals surface area contributed by atoms with Gasteiger partial charge in [0.25, 0.3) is 5.91 Å². The minimum atomic E-state index is -3.50. The summed E-state index contributed by atoms with van der Waals surface area (Å²) in [5.41, 5.74) is 5.13. The maximum absolute atomic E-state index is 12.3. The summed E-state index contributed by atoms with van der Waals surface area (Å²) in [6, 6.07) is 1.35. The zero-order valence-electron chi connectivity index (χ0n) is 10.5. The van der Waals surface area contributed by atoms with Gasteiger partial charge in [0.1, 0.15) is 0 Å². The van der Waals surface area contributed by atoms with Crippen LogP contribution in [0.1, 0.15) is 36.4 Å². The van der Waals surface area contributed by atoms with E-state index in [2.05, 4.69) is 0 Å². The summed E-state index contributed by atoms with van der Waals surface area (Å²) >= 11 is 1.06. The van der Waals surface area contributed by atoms with Crippen molar-refractivity contribution in [3.05, 3.63) is 16.3 Å². The van der Waals surface area contributed by atoms with Crippen molar-refractivity contribution in [3.8, 4) is 0 Å². The fourth-order valence-corrected chi connectivity index (χ4v) is 4.32. The molecule has 0 aliphatic rings. The molecule has 0 spiro atoms. The maximum atomic E-state index is 12.3. The zero-order valence-corrected chi connectivity index (χ0v) is 12.2. The van der Waals surface area contributed by atoms with Crippen molar-refractivity contribution in [2.75, 3.05) is 13.1 Å². The number of thiophene rings is 1. The lowest BCUT2D eigenvalue weighted by atomic mass is 10.4. The average molecular weight is 290 g/mol. The molecule has 18 heavy (non-hydrogen) atoms. The molecule has 1 aromatic rings. The molecule has 0 unspecified atom stereocenters. The molecule has 0 bridgehead atoms. The highest BCUT2D eigenvalue weighted by atomic mass is 32.2. The van der Waals surface area contributed by atoms with E-state index in [1.54, 1.807) is 0 Å². The summed E-state index contributed by atoms with van der Waals surface area (Å²) in [6.45, 7) is 4.83. The molecule has 7 heteroatoms. The van der Waals surface area contributed by atoms with E-state index in [9.17, 15) is 13.2 Å². The minimum Gasteiger partial charge on any atom is -0.365 e. The van der Waals surface area contributed by atoms with Crippen molar-refractivity contribution in [2.24, 2.45) is 5.73 Å². The van der Waals surface area contributed by atoms with Crippen LogP contribution in [0.3, 0.4) is 0 Å². The number of sulfonamides is 1. The second-order valence-electron chi connectivity index (χ2n) is 3.91. The summed E-state index contributed by atoms with van der Waals surface area (Å²) in [5.74, 6) is -0.598. The molecule has 102 valence electrons. The first kappa shape index (κ1) is 15.1. The first-order valence-corrected chi connectivity index (χ1v) is 8.14. The summed E-state index contributed by atoms with van der Waals surface area (Å²) in [5, 5.41) is 1.47. The number of nitrogens with zero attached hydrogens (tertiary/aromatic N) is 1. The fraction of sp³-hybridized carbons (Fsp3) is 0.545. The normalized spacial score (nSPS) is 11.9. The Kier molecular flexibility index (Phi) is 5.30. The molecule has 2 N–H and O–H groups in total. The largest absolute Gasteiger partial charge is 0.365 e. The van der Waals surface area contributed by atoms with E-state index in [1.807, 2.05) is 13.8 Å². The Morgan fingerprint density at radius 2 is 1.89 bits per heavy atom. The number of amides is 1. The van der Waals surface area contributed by atoms with Gasteiger partial charge in [-0.2, -0.15) is 4.31 Å². The van der Waals surface area contributed by atoms with E-state index in [4.69, 9.17) is 5.73 Å². The Balaban J connectivity index is 3.05. The summed E-state index contributed by atoms with van der Waals surface area (Å²) < 4.78 is 26.1. The third kappa shape index (κ3) is 3.30. The summed E-state index contributed by atoms with van der Waals surface area (Å²) in [4.78, 5) is 11.4. The van der Waals surface area contributed by atoms with Crippen molar-refractivity contribution in [1.82, 2.24) is 4.31 Å². The fourth-order valence-electron chi connectivity index (χ4n) is 1.58. The van der Waals surface area contributed by atoms with E-state index in [-0.39, 0.29) is 9.77 Å². The molecule has 0 fully saturated rings. The summed E-state index contributed by atoms with van der Waals surface area (Å²) in [7, 11) is -3.50. The van der Waals surface area contributed by atoms with Gasteiger partial charge in [-0.05, 0) is 18.9 Å². The smallest absolute Gasteiger partial charge is 0.258 e. The van der Waals surface area contributed by atoms with Gasteiger partial charge in [0.15, 0.2) is 0 Å². The van der Waals surface area contributed by atoms with E-state index in [0.29, 0.717) is 13.1 Å². The topological polar surface area (TPSA) is 80.5 Å². The number of rotatable bonds is 7. The molecule has 0 atom stereocenters. The minimum absolute atomic E-state index is 0.156. The van der Waals surface area contributed by atoms with Crippen LogP contribution < -0.4 is 5.73 Å². The maximum Gasteiger partial charge on any atom is 0.258 e. The van der Waals surface area contributed by atoms with Crippen molar-refractivity contribution in [1.29, 1.82) is 0 Å². The second kappa shape index (κ2) is 6.31. The van der Waals surface area contributed by atoms with Gasteiger partial charge in [0, 0.05) is 18.5 Å². The number of hydrogen-bond acceptors (Lipinski definition) is 4. The molecule has 0 aromatic carbocycles. The number of carbonyl (C=O) groups is 1. The van der Waals surface area contributed by atoms with Gasteiger partial charge in [0.05, 0.1) is 9.77 Å². The average Bonchev–Trinajstić information content (AvgIpc) is 2.78. The zero-order chi connectivity index (χ0) is 13.8. The number of primary amides is 1. The Bertz CT molecular complexity index is 502. The van der Waals surface area contributed by atoms with Crippen LogP contribution in [0.5, 0.6) is 0 Å². The third-order valence-electron chi connectivity index (χ3n) is 2.40. The molecule has 1 heterocycles. The number of nitrogens with two attached hydrogens (primary N) is 1. The van der Waals surface area contributed by atoms with E-state index in [1.165, 1.54) is 15.8 Å². The molecule has 0 aliphatic heterocycles. The van der Waals surface area contributed by atoms with E-state index in [0.717, 1.165) is 24.2 Å². The van der Waals surface area contributed by atoms with Gasteiger partial charge < -0.3 is 5.73 Å². The molecule has 1 aromatic heterocycles. The Morgan fingerprint density at radius 3 is 2.28 bits per heavy atom. The molecule has 0 radical (unpaired) electrons. The quantitative estimate of drug-likeness (QED) is 0.829. The monoisotopic (exact) mass is 290 g/mol. The lowest BCUT2D eigenvalue weighted by molar-refractivity contribution is 0.100. The van der Waals surface area contributed by atoms with Gasteiger partial charge in [-0.15, -0.1) is 11.3 Å². The van der Waals surface area contributed by atoms with E-state index >= 15 is 0 Å². The molecule has 5 nitrogen and oxygen atoms in total. The molecule has 0 saturated carbocycles. The van der Waals surface area contributed by atoms with Crippen molar-refractivity contribution < 1.29 is 13.2 Å². The second-order valence-corrected chi connectivity index (χ2v) is 6.76. The first-order chi connectivity index (χ1) is 8.43. The molecule has 0 aliphatic carbocycles. The van der Waals surface area contributed by atoms with Crippen LogP contribution in [0.15, 0.2) is 16.3 Å². The van der Waals surface area contributed by atoms with Gasteiger partial charge in [-0.3, -0.25) is 4.79 Å². The predicted octanol–water partition coefficient (Wildman–Crippen LogP) is 1.66. The van der Waals surface area contributed by atoms with Crippen LogP contribution in [-0.4, -0.2) is 31.7 Å². The highest BCUT2D eigenvalue weighted by molar-refractivity contribution is 7.89. The highest BCUT2D eigenvalue weighted by Crippen LogP contribution is 2.22. The molecule has 0 saturated heterocycles. The molecular weight excluding hydrogens is 272 g/mol.